The van der Waals surface area contributed by atoms with Crippen LogP contribution in [0.5, 0.6) is 11.5 Å². The first-order valence-corrected chi connectivity index (χ1v) is 13.7. The smallest absolute Gasteiger partial charge is 0.374 e. The van der Waals surface area contributed by atoms with Crippen LogP contribution in [0.3, 0.4) is 0 Å². The summed E-state index contributed by atoms with van der Waals surface area (Å²) in [5, 5.41) is 20.0. The number of carbonyl (C=O) groups is 2. The molecule has 38 heavy (non-hydrogen) atoms. The molecular formula is C29H29N3O5S. The van der Waals surface area contributed by atoms with Gasteiger partial charge in [0, 0.05) is 24.4 Å². The Kier molecular flexibility index (Phi) is 7.03. The number of esters is 1. The standard InChI is InChI=1S/C29H29N3O5S/c1-4-37-29(36)27-30-22-8-6-5-7-20(22)26(31(27)2)18-9-13-23-17(15-18)10-14-25(38-3)32(23)28(35)21-12-11-19(33)16-24(21)34/h5-9,11-13,15-16,25-26,33-34H,4,10,14H2,1-3H3. The van der Waals surface area contributed by atoms with Crippen LogP contribution in [0.1, 0.15) is 46.4 Å². The summed E-state index contributed by atoms with van der Waals surface area (Å²) in [5.74, 6) is -0.917. The molecule has 0 saturated heterocycles. The molecule has 0 saturated carbocycles. The number of hydrogen-bond acceptors (Lipinski definition) is 8. The molecule has 3 aromatic rings. The topological polar surface area (TPSA) is 103 Å². The molecular weight excluding hydrogens is 502 g/mol. The Morgan fingerprint density at radius 1 is 1.11 bits per heavy atom. The van der Waals surface area contributed by atoms with E-state index < -0.39 is 5.97 Å². The SMILES string of the molecule is CCOC(=O)C1=Nc2ccccc2C(c2ccc3c(c2)CCC(SC)N3C(=O)c2ccc(O)cc2O)N1C. The number of ether oxygens (including phenoxy) is 1. The Labute approximate surface area is 225 Å². The van der Waals surface area contributed by atoms with E-state index in [0.29, 0.717) is 0 Å². The molecule has 8 nitrogen and oxygen atoms in total. The summed E-state index contributed by atoms with van der Waals surface area (Å²) in [4.78, 5) is 34.5. The van der Waals surface area contributed by atoms with Crippen molar-refractivity contribution in [3.05, 3.63) is 82.9 Å². The molecule has 2 aliphatic heterocycles. The number of benzene rings is 3. The van der Waals surface area contributed by atoms with Crippen molar-refractivity contribution in [1.29, 1.82) is 0 Å². The number of aliphatic imine (C=N–C) groups is 1. The molecule has 5 rings (SSSR count). The van der Waals surface area contributed by atoms with Crippen molar-refractivity contribution >= 4 is 40.8 Å². The molecule has 1 amide bonds. The number of thioether (sulfide) groups is 1. The second kappa shape index (κ2) is 10.4. The third kappa shape index (κ3) is 4.47. The highest BCUT2D eigenvalue weighted by Gasteiger charge is 2.36. The van der Waals surface area contributed by atoms with E-state index in [2.05, 4.69) is 11.1 Å². The van der Waals surface area contributed by atoms with E-state index in [1.165, 1.54) is 18.2 Å². The number of carbonyl (C=O) groups excluding carboxylic acids is 2. The number of aromatic hydroxyl groups is 2. The van der Waals surface area contributed by atoms with Crippen molar-refractivity contribution in [1.82, 2.24) is 4.90 Å². The fourth-order valence-corrected chi connectivity index (χ4v) is 5.97. The Hall–Kier alpha value is -3.98. The maximum atomic E-state index is 13.6. The third-order valence-corrected chi connectivity index (χ3v) is 7.96. The molecule has 0 aliphatic carbocycles. The van der Waals surface area contributed by atoms with Crippen molar-refractivity contribution in [2.24, 2.45) is 4.99 Å². The van der Waals surface area contributed by atoms with Gasteiger partial charge in [0.05, 0.1) is 29.3 Å². The zero-order valence-electron chi connectivity index (χ0n) is 21.4. The number of fused-ring (bicyclic) bond motifs is 2. The molecule has 0 fully saturated rings. The summed E-state index contributed by atoms with van der Waals surface area (Å²) in [7, 11) is 1.84. The number of amidine groups is 1. The first-order valence-electron chi connectivity index (χ1n) is 12.4. The number of rotatable bonds is 5. The monoisotopic (exact) mass is 531 g/mol. The second-order valence-electron chi connectivity index (χ2n) is 9.22. The minimum Gasteiger partial charge on any atom is -0.508 e. The number of phenols is 2. The molecule has 0 spiro atoms. The van der Waals surface area contributed by atoms with Crippen LogP contribution in [0, 0.1) is 0 Å². The van der Waals surface area contributed by atoms with Crippen LogP contribution in [0.2, 0.25) is 0 Å². The Morgan fingerprint density at radius 3 is 2.63 bits per heavy atom. The van der Waals surface area contributed by atoms with Crippen LogP contribution >= 0.6 is 11.8 Å². The maximum absolute atomic E-state index is 13.6. The minimum absolute atomic E-state index is 0.102. The van der Waals surface area contributed by atoms with E-state index in [-0.39, 0.29) is 46.8 Å². The molecule has 2 unspecified atom stereocenters. The number of nitrogens with zero attached hydrogens (tertiary/aromatic N) is 3. The molecule has 0 bridgehead atoms. The summed E-state index contributed by atoms with van der Waals surface area (Å²) < 4.78 is 5.27. The van der Waals surface area contributed by atoms with E-state index in [1.54, 1.807) is 23.6 Å². The summed E-state index contributed by atoms with van der Waals surface area (Å²) in [6, 6.07) is 17.5. The largest absolute Gasteiger partial charge is 0.508 e. The third-order valence-electron chi connectivity index (χ3n) is 6.97. The highest BCUT2D eigenvalue weighted by atomic mass is 32.2. The van der Waals surface area contributed by atoms with Crippen molar-refractivity contribution in [3.63, 3.8) is 0 Å². The lowest BCUT2D eigenvalue weighted by Gasteiger charge is -2.38. The van der Waals surface area contributed by atoms with E-state index in [1.807, 2.05) is 54.6 Å². The van der Waals surface area contributed by atoms with Crippen LogP contribution in [0.15, 0.2) is 65.7 Å². The number of para-hydroxylation sites is 1. The first-order chi connectivity index (χ1) is 18.3. The molecule has 2 N–H and O–H groups in total. The van der Waals surface area contributed by atoms with Gasteiger partial charge in [-0.05, 0) is 61.4 Å². The highest BCUT2D eigenvalue weighted by molar-refractivity contribution is 7.99. The minimum atomic E-state index is -0.472. The summed E-state index contributed by atoms with van der Waals surface area (Å²) >= 11 is 1.58. The zero-order valence-corrected chi connectivity index (χ0v) is 22.2. The predicted molar refractivity (Wildman–Crippen MR) is 148 cm³/mol. The molecule has 2 atom stereocenters. The normalized spacial score (nSPS) is 18.3. The van der Waals surface area contributed by atoms with Gasteiger partial charge >= 0.3 is 5.97 Å². The number of hydrogen-bond donors (Lipinski definition) is 2. The molecule has 196 valence electrons. The van der Waals surface area contributed by atoms with Gasteiger partial charge in [-0.25, -0.2) is 9.79 Å². The predicted octanol–water partition coefficient (Wildman–Crippen LogP) is 5.01. The molecule has 2 aliphatic rings. The Balaban J connectivity index is 1.56. The van der Waals surface area contributed by atoms with Gasteiger partial charge in [0.1, 0.15) is 11.5 Å². The van der Waals surface area contributed by atoms with Gasteiger partial charge in [-0.1, -0.05) is 30.3 Å². The van der Waals surface area contributed by atoms with Crippen LogP contribution in [0.25, 0.3) is 0 Å². The van der Waals surface area contributed by atoms with E-state index in [4.69, 9.17) is 4.74 Å². The molecule has 0 aromatic heterocycles. The van der Waals surface area contributed by atoms with Gasteiger partial charge < -0.3 is 19.8 Å². The summed E-state index contributed by atoms with van der Waals surface area (Å²) in [5.41, 5.74) is 4.59. The first kappa shape index (κ1) is 25.7. The van der Waals surface area contributed by atoms with Crippen LogP contribution in [0.4, 0.5) is 11.4 Å². The van der Waals surface area contributed by atoms with Crippen LogP contribution in [-0.4, -0.2) is 58.1 Å². The van der Waals surface area contributed by atoms with Gasteiger partial charge in [-0.15, -0.1) is 11.8 Å². The maximum Gasteiger partial charge on any atom is 0.374 e. The van der Waals surface area contributed by atoms with E-state index in [0.717, 1.165) is 40.9 Å². The molecule has 2 heterocycles. The average Bonchev–Trinajstić information content (AvgIpc) is 2.91. The number of aryl methyl sites for hydroxylation is 1. The van der Waals surface area contributed by atoms with Crippen LogP contribution in [-0.2, 0) is 16.0 Å². The van der Waals surface area contributed by atoms with Crippen LogP contribution < -0.4 is 4.90 Å². The fraction of sp³-hybridized carbons (Fsp3) is 0.276. The highest BCUT2D eigenvalue weighted by Crippen LogP contribution is 2.42. The van der Waals surface area contributed by atoms with Crippen molar-refractivity contribution in [2.45, 2.75) is 31.2 Å². The number of likely N-dealkylation sites (N-methyl/N-ethyl adjacent to an activating group) is 1. The van der Waals surface area contributed by atoms with Crippen molar-refractivity contribution < 1.29 is 24.5 Å². The molecule has 3 aromatic carbocycles. The van der Waals surface area contributed by atoms with Crippen molar-refractivity contribution in [2.75, 3.05) is 24.8 Å². The van der Waals surface area contributed by atoms with Gasteiger partial charge in [-0.3, -0.25) is 9.69 Å². The Bertz CT molecular complexity index is 1440. The summed E-state index contributed by atoms with van der Waals surface area (Å²) in [6.07, 6.45) is 3.48. The molecule has 9 heteroatoms. The number of amides is 1. The zero-order chi connectivity index (χ0) is 27.0. The van der Waals surface area contributed by atoms with Gasteiger partial charge in [0.15, 0.2) is 0 Å². The lowest BCUT2D eigenvalue weighted by atomic mass is 9.90. The van der Waals surface area contributed by atoms with E-state index >= 15 is 0 Å². The summed E-state index contributed by atoms with van der Waals surface area (Å²) in [6.45, 7) is 2.02. The lowest BCUT2D eigenvalue weighted by molar-refractivity contribution is -0.135. The Morgan fingerprint density at radius 2 is 1.89 bits per heavy atom. The lowest BCUT2D eigenvalue weighted by Crippen LogP contribution is -2.42. The quantitative estimate of drug-likeness (QED) is 0.446. The van der Waals surface area contributed by atoms with Gasteiger partial charge in [0.2, 0.25) is 5.84 Å². The van der Waals surface area contributed by atoms with Crippen molar-refractivity contribution in [3.8, 4) is 11.5 Å². The van der Waals surface area contributed by atoms with E-state index in [9.17, 15) is 19.8 Å². The number of phenolic OH excluding ortho intramolecular Hbond substituents is 2. The van der Waals surface area contributed by atoms with Gasteiger partial charge in [0.25, 0.3) is 5.91 Å². The second-order valence-corrected chi connectivity index (χ2v) is 10.2. The molecule has 0 radical (unpaired) electrons. The van der Waals surface area contributed by atoms with Gasteiger partial charge in [-0.2, -0.15) is 0 Å². The number of anilines is 1. The average molecular weight is 532 g/mol. The fourth-order valence-electron chi connectivity index (χ4n) is 5.20.